The molecule has 0 radical (unpaired) electrons. The average Bonchev–Trinajstić information content (AvgIpc) is 3.21. The van der Waals surface area contributed by atoms with E-state index in [-0.39, 0.29) is 11.6 Å². The van der Waals surface area contributed by atoms with Crippen molar-refractivity contribution in [1.82, 2.24) is 19.8 Å². The minimum atomic E-state index is -0.161. The van der Waals surface area contributed by atoms with E-state index >= 15 is 0 Å². The summed E-state index contributed by atoms with van der Waals surface area (Å²) in [6, 6.07) is 0.336. The predicted molar refractivity (Wildman–Crippen MR) is 114 cm³/mol. The van der Waals surface area contributed by atoms with Crippen LogP contribution in [0.25, 0.3) is 0 Å². The van der Waals surface area contributed by atoms with Crippen molar-refractivity contribution < 1.29 is 4.79 Å². The van der Waals surface area contributed by atoms with Gasteiger partial charge in [-0.3, -0.25) is 9.36 Å². The Morgan fingerprint density at radius 3 is 2.61 bits per heavy atom. The van der Waals surface area contributed by atoms with E-state index in [9.17, 15) is 9.59 Å². The Morgan fingerprint density at radius 2 is 1.89 bits per heavy atom. The van der Waals surface area contributed by atoms with Crippen LogP contribution in [0.2, 0.25) is 0 Å². The highest BCUT2D eigenvalue weighted by molar-refractivity contribution is 7.99. The molecular weight excluding hydrogens is 372 g/mol. The van der Waals surface area contributed by atoms with Crippen LogP contribution in [-0.4, -0.2) is 51.8 Å². The normalized spacial score (nSPS) is 17.1. The van der Waals surface area contributed by atoms with Gasteiger partial charge < -0.3 is 10.2 Å². The first-order chi connectivity index (χ1) is 13.6. The quantitative estimate of drug-likeness (QED) is 0.504. The molecule has 1 amide bonds. The molecule has 0 aliphatic heterocycles. The number of nitrogens with one attached hydrogen (secondary N) is 1. The molecule has 28 heavy (non-hydrogen) atoms. The number of carbonyl (C=O) groups is 1. The summed E-state index contributed by atoms with van der Waals surface area (Å²) in [5.74, 6) is 0.410. The molecule has 0 aromatic carbocycles. The molecule has 1 fully saturated rings. The fourth-order valence-corrected chi connectivity index (χ4v) is 5.24. The Bertz CT molecular complexity index is 724. The van der Waals surface area contributed by atoms with Crippen LogP contribution in [-0.2, 0) is 24.2 Å². The standard InChI is InChI=1S/C21H34N4O2S/c1-3-24(4-2)13-14-25-18-12-8-7-11-17(18)20(23-21(25)27)28-15-19(26)22-16-9-5-6-10-16/h16H,3-15H2,1-2H3,(H,22,26). The van der Waals surface area contributed by atoms with Crippen molar-refractivity contribution >= 4 is 17.7 Å². The highest BCUT2D eigenvalue weighted by Crippen LogP contribution is 2.28. The third kappa shape index (κ3) is 5.38. The van der Waals surface area contributed by atoms with E-state index in [0.29, 0.717) is 18.3 Å². The monoisotopic (exact) mass is 406 g/mol. The highest BCUT2D eigenvalue weighted by atomic mass is 32.2. The van der Waals surface area contributed by atoms with E-state index in [1.165, 1.54) is 30.2 Å². The van der Waals surface area contributed by atoms with Gasteiger partial charge >= 0.3 is 5.69 Å². The number of thioether (sulfide) groups is 1. The van der Waals surface area contributed by atoms with Crippen LogP contribution in [0.1, 0.15) is 63.6 Å². The number of nitrogens with zero attached hydrogens (tertiary/aromatic N) is 3. The molecule has 3 rings (SSSR count). The van der Waals surface area contributed by atoms with Gasteiger partial charge in [-0.2, -0.15) is 4.98 Å². The maximum Gasteiger partial charge on any atom is 0.348 e. The minimum absolute atomic E-state index is 0.0639. The molecule has 0 bridgehead atoms. The van der Waals surface area contributed by atoms with Crippen LogP contribution in [0.5, 0.6) is 0 Å². The number of hydrogen-bond acceptors (Lipinski definition) is 5. The number of likely N-dealkylation sites (N-methyl/N-ethyl adjacent to an activating group) is 1. The molecule has 1 saturated carbocycles. The summed E-state index contributed by atoms with van der Waals surface area (Å²) in [6.45, 7) is 7.85. The molecule has 7 heteroatoms. The second-order valence-corrected chi connectivity index (χ2v) is 8.81. The second kappa shape index (κ2) is 10.4. The molecule has 0 saturated heterocycles. The van der Waals surface area contributed by atoms with Gasteiger partial charge in [0.1, 0.15) is 5.03 Å². The first-order valence-corrected chi connectivity index (χ1v) is 11.9. The van der Waals surface area contributed by atoms with Crippen molar-refractivity contribution in [2.45, 2.75) is 82.8 Å². The number of fused-ring (bicyclic) bond motifs is 1. The van der Waals surface area contributed by atoms with E-state index < -0.39 is 0 Å². The predicted octanol–water partition coefficient (Wildman–Crippen LogP) is 2.61. The molecular formula is C21H34N4O2S. The fraction of sp³-hybridized carbons (Fsp3) is 0.762. The number of amides is 1. The molecule has 156 valence electrons. The van der Waals surface area contributed by atoms with Gasteiger partial charge in [-0.15, -0.1) is 0 Å². The van der Waals surface area contributed by atoms with Crippen molar-refractivity contribution in [2.75, 3.05) is 25.4 Å². The van der Waals surface area contributed by atoms with E-state index in [1.807, 2.05) is 4.57 Å². The Balaban J connectivity index is 1.70. The summed E-state index contributed by atoms with van der Waals surface area (Å²) in [7, 11) is 0. The summed E-state index contributed by atoms with van der Waals surface area (Å²) >= 11 is 1.44. The van der Waals surface area contributed by atoms with Crippen LogP contribution in [0.4, 0.5) is 0 Å². The van der Waals surface area contributed by atoms with Crippen LogP contribution >= 0.6 is 11.8 Å². The van der Waals surface area contributed by atoms with Crippen LogP contribution < -0.4 is 11.0 Å². The maximum absolute atomic E-state index is 12.7. The van der Waals surface area contributed by atoms with Gasteiger partial charge in [0.25, 0.3) is 0 Å². The number of carbonyl (C=O) groups excluding carboxylic acids is 1. The van der Waals surface area contributed by atoms with Gasteiger partial charge in [-0.05, 0) is 51.6 Å². The zero-order chi connectivity index (χ0) is 19.9. The Kier molecular flexibility index (Phi) is 7.97. The SMILES string of the molecule is CCN(CC)CCn1c2c(c(SCC(=O)NC3CCCC3)nc1=O)CCCC2. The summed E-state index contributed by atoms with van der Waals surface area (Å²) < 4.78 is 1.88. The highest BCUT2D eigenvalue weighted by Gasteiger charge is 2.22. The molecule has 0 atom stereocenters. The zero-order valence-electron chi connectivity index (χ0n) is 17.3. The van der Waals surface area contributed by atoms with Crippen molar-refractivity contribution in [1.29, 1.82) is 0 Å². The average molecular weight is 407 g/mol. The van der Waals surface area contributed by atoms with Gasteiger partial charge in [0.2, 0.25) is 5.91 Å². The molecule has 2 aliphatic carbocycles. The van der Waals surface area contributed by atoms with Gasteiger partial charge in [-0.25, -0.2) is 4.79 Å². The lowest BCUT2D eigenvalue weighted by atomic mass is 9.97. The van der Waals surface area contributed by atoms with Crippen LogP contribution in [0.3, 0.4) is 0 Å². The zero-order valence-corrected chi connectivity index (χ0v) is 18.2. The summed E-state index contributed by atoms with van der Waals surface area (Å²) in [5, 5.41) is 3.90. The third-order valence-electron chi connectivity index (χ3n) is 6.05. The summed E-state index contributed by atoms with van der Waals surface area (Å²) in [4.78, 5) is 31.8. The lowest BCUT2D eigenvalue weighted by Crippen LogP contribution is -2.36. The number of rotatable bonds is 9. The van der Waals surface area contributed by atoms with Crippen molar-refractivity contribution in [2.24, 2.45) is 0 Å². The molecule has 1 heterocycles. The van der Waals surface area contributed by atoms with Crippen molar-refractivity contribution in [3.05, 3.63) is 21.7 Å². The largest absolute Gasteiger partial charge is 0.353 e. The third-order valence-corrected chi connectivity index (χ3v) is 7.06. The first kappa shape index (κ1) is 21.4. The van der Waals surface area contributed by atoms with Gasteiger partial charge in [0, 0.05) is 30.4 Å². The Hall–Kier alpha value is -1.34. The summed E-state index contributed by atoms with van der Waals surface area (Å²) in [6.07, 6.45) is 8.74. The molecule has 6 nitrogen and oxygen atoms in total. The molecule has 0 spiro atoms. The fourth-order valence-electron chi connectivity index (χ4n) is 4.35. The molecule has 1 aromatic rings. The molecule has 1 N–H and O–H groups in total. The lowest BCUT2D eigenvalue weighted by molar-refractivity contribution is -0.119. The number of aromatic nitrogens is 2. The van der Waals surface area contributed by atoms with Gasteiger partial charge in [0.05, 0.1) is 5.75 Å². The van der Waals surface area contributed by atoms with Crippen LogP contribution in [0, 0.1) is 0 Å². The maximum atomic E-state index is 12.7. The Labute approximate surface area is 172 Å². The minimum Gasteiger partial charge on any atom is -0.353 e. The van der Waals surface area contributed by atoms with Gasteiger partial charge in [0.15, 0.2) is 0 Å². The van der Waals surface area contributed by atoms with E-state index in [2.05, 4.69) is 29.0 Å². The molecule has 2 aliphatic rings. The van der Waals surface area contributed by atoms with E-state index in [0.717, 1.165) is 68.9 Å². The Morgan fingerprint density at radius 1 is 1.18 bits per heavy atom. The summed E-state index contributed by atoms with van der Waals surface area (Å²) in [5.41, 5.74) is 2.19. The molecule has 1 aromatic heterocycles. The lowest BCUT2D eigenvalue weighted by Gasteiger charge is -2.25. The number of hydrogen-bond donors (Lipinski definition) is 1. The smallest absolute Gasteiger partial charge is 0.348 e. The van der Waals surface area contributed by atoms with Crippen molar-refractivity contribution in [3.8, 4) is 0 Å². The second-order valence-electron chi connectivity index (χ2n) is 7.85. The van der Waals surface area contributed by atoms with Crippen LogP contribution in [0.15, 0.2) is 9.82 Å². The first-order valence-electron chi connectivity index (χ1n) is 10.9. The van der Waals surface area contributed by atoms with Crippen molar-refractivity contribution in [3.63, 3.8) is 0 Å². The molecule has 0 unspecified atom stereocenters. The van der Waals surface area contributed by atoms with Gasteiger partial charge in [-0.1, -0.05) is 38.5 Å². The van der Waals surface area contributed by atoms with E-state index in [1.54, 1.807) is 0 Å². The topological polar surface area (TPSA) is 67.2 Å². The van der Waals surface area contributed by atoms with E-state index in [4.69, 9.17) is 0 Å².